The molecule has 166 valence electrons. The molecular formula is C17H27N7O6. The Bertz CT molecular complexity index is 765. The molecule has 1 aromatic rings. The highest BCUT2D eigenvalue weighted by atomic mass is 16.4. The zero-order valence-electron chi connectivity index (χ0n) is 16.7. The van der Waals surface area contributed by atoms with Crippen LogP contribution in [-0.4, -0.2) is 69.3 Å². The van der Waals surface area contributed by atoms with Gasteiger partial charge in [0.15, 0.2) is 0 Å². The van der Waals surface area contributed by atoms with Crippen LogP contribution in [0.15, 0.2) is 12.5 Å². The number of nitrogens with one attached hydrogen (secondary N) is 4. The first-order valence-corrected chi connectivity index (χ1v) is 9.13. The lowest BCUT2D eigenvalue weighted by Crippen LogP contribution is -2.58. The van der Waals surface area contributed by atoms with Crippen molar-refractivity contribution in [2.75, 3.05) is 6.54 Å². The zero-order chi connectivity index (χ0) is 22.8. The minimum absolute atomic E-state index is 0.0449. The van der Waals surface area contributed by atoms with Crippen molar-refractivity contribution < 1.29 is 29.1 Å². The van der Waals surface area contributed by atoms with Gasteiger partial charge in [-0.05, 0) is 5.92 Å². The van der Waals surface area contributed by atoms with Crippen molar-refractivity contribution in [1.82, 2.24) is 25.9 Å². The molecule has 0 fully saturated rings. The lowest BCUT2D eigenvalue weighted by molar-refractivity contribution is -0.142. The smallest absolute Gasteiger partial charge is 0.326 e. The molecule has 30 heavy (non-hydrogen) atoms. The summed E-state index contributed by atoms with van der Waals surface area (Å²) in [4.78, 5) is 66.0. The Hall–Kier alpha value is -3.48. The summed E-state index contributed by atoms with van der Waals surface area (Å²) >= 11 is 0. The lowest BCUT2D eigenvalue weighted by Gasteiger charge is -2.26. The van der Waals surface area contributed by atoms with Gasteiger partial charge in [0, 0.05) is 18.3 Å². The summed E-state index contributed by atoms with van der Waals surface area (Å²) in [7, 11) is 0. The third-order valence-electron chi connectivity index (χ3n) is 4.08. The molecule has 0 aromatic carbocycles. The number of carboxylic acids is 1. The van der Waals surface area contributed by atoms with Crippen molar-refractivity contribution in [2.45, 2.75) is 44.8 Å². The van der Waals surface area contributed by atoms with Crippen LogP contribution >= 0.6 is 0 Å². The number of nitrogens with zero attached hydrogens (tertiary/aromatic N) is 1. The second kappa shape index (κ2) is 11.5. The van der Waals surface area contributed by atoms with Crippen molar-refractivity contribution in [3.8, 4) is 0 Å². The van der Waals surface area contributed by atoms with Gasteiger partial charge in [0.05, 0.1) is 19.3 Å². The van der Waals surface area contributed by atoms with Crippen molar-refractivity contribution in [3.63, 3.8) is 0 Å². The summed E-state index contributed by atoms with van der Waals surface area (Å²) < 4.78 is 0. The second-order valence-corrected chi connectivity index (χ2v) is 6.91. The minimum Gasteiger partial charge on any atom is -0.480 e. The summed E-state index contributed by atoms with van der Waals surface area (Å²) in [5.41, 5.74) is 10.8. The Labute approximate surface area is 172 Å². The molecule has 0 aliphatic heterocycles. The van der Waals surface area contributed by atoms with Crippen LogP contribution in [0.25, 0.3) is 0 Å². The van der Waals surface area contributed by atoms with E-state index in [0.29, 0.717) is 5.69 Å². The summed E-state index contributed by atoms with van der Waals surface area (Å²) in [6.07, 6.45) is 2.26. The van der Waals surface area contributed by atoms with E-state index in [2.05, 4.69) is 25.9 Å². The number of hydrogen-bond acceptors (Lipinski definition) is 7. The first-order chi connectivity index (χ1) is 14.0. The van der Waals surface area contributed by atoms with Gasteiger partial charge in [0.2, 0.25) is 23.6 Å². The van der Waals surface area contributed by atoms with Crippen LogP contribution in [0.3, 0.4) is 0 Å². The fraction of sp³-hybridized carbons (Fsp3) is 0.529. The quantitative estimate of drug-likeness (QED) is 0.182. The summed E-state index contributed by atoms with van der Waals surface area (Å²) in [5, 5.41) is 16.4. The van der Waals surface area contributed by atoms with E-state index < -0.39 is 66.6 Å². The van der Waals surface area contributed by atoms with Crippen molar-refractivity contribution in [2.24, 2.45) is 17.4 Å². The molecule has 1 heterocycles. The van der Waals surface area contributed by atoms with Crippen LogP contribution in [0.2, 0.25) is 0 Å². The van der Waals surface area contributed by atoms with Gasteiger partial charge in [-0.15, -0.1) is 0 Å². The van der Waals surface area contributed by atoms with E-state index in [-0.39, 0.29) is 6.42 Å². The molecule has 1 rings (SSSR count). The SMILES string of the molecule is CC(C)C(NC(=O)C(CC(N)=O)NC(=O)CN)C(=O)NC(Cc1cnc[nH]1)C(=O)O. The topological polar surface area (TPSA) is 222 Å². The molecular weight excluding hydrogens is 398 g/mol. The number of amides is 4. The molecule has 0 aliphatic rings. The number of nitrogens with two attached hydrogens (primary N) is 2. The van der Waals surface area contributed by atoms with Gasteiger partial charge >= 0.3 is 5.97 Å². The van der Waals surface area contributed by atoms with Crippen LogP contribution in [0, 0.1) is 5.92 Å². The highest BCUT2D eigenvalue weighted by Gasteiger charge is 2.32. The van der Waals surface area contributed by atoms with E-state index >= 15 is 0 Å². The number of carbonyl (C=O) groups excluding carboxylic acids is 4. The summed E-state index contributed by atoms with van der Waals surface area (Å²) in [6, 6.07) is -3.73. The largest absolute Gasteiger partial charge is 0.480 e. The maximum atomic E-state index is 12.7. The summed E-state index contributed by atoms with van der Waals surface area (Å²) in [6.45, 7) is 2.86. The predicted octanol–water partition coefficient (Wildman–Crippen LogP) is -3.02. The van der Waals surface area contributed by atoms with Crippen LogP contribution < -0.4 is 27.4 Å². The first kappa shape index (κ1) is 24.6. The Morgan fingerprint density at radius 3 is 2.23 bits per heavy atom. The van der Waals surface area contributed by atoms with Gasteiger partial charge in [-0.3, -0.25) is 19.2 Å². The normalized spacial score (nSPS) is 13.7. The van der Waals surface area contributed by atoms with E-state index in [1.54, 1.807) is 13.8 Å². The minimum atomic E-state index is -1.33. The van der Waals surface area contributed by atoms with Crippen LogP contribution in [-0.2, 0) is 30.4 Å². The molecule has 4 amide bonds. The van der Waals surface area contributed by atoms with Gasteiger partial charge in [0.1, 0.15) is 18.1 Å². The lowest BCUT2D eigenvalue weighted by atomic mass is 10.0. The highest BCUT2D eigenvalue weighted by molar-refractivity contribution is 5.95. The standard InChI is InChI=1S/C17H27N7O6/c1-8(2)14(24-15(27)10(4-12(19)25)22-13(26)5-18)16(28)23-11(17(29)30)3-9-6-20-7-21-9/h6-8,10-11,14H,3-5,18H2,1-2H3,(H2,19,25)(H,20,21)(H,22,26)(H,23,28)(H,24,27)(H,29,30). The number of imidazole rings is 1. The third-order valence-corrected chi connectivity index (χ3v) is 4.08. The monoisotopic (exact) mass is 425 g/mol. The van der Waals surface area contributed by atoms with Crippen LogP contribution in [0.1, 0.15) is 26.0 Å². The molecule has 3 atom stereocenters. The number of carboxylic acid groups (broad SMARTS) is 1. The van der Waals surface area contributed by atoms with Gasteiger partial charge < -0.3 is 37.5 Å². The maximum absolute atomic E-state index is 12.7. The number of aromatic amines is 1. The molecule has 13 heteroatoms. The van der Waals surface area contributed by atoms with Crippen molar-refractivity contribution in [1.29, 1.82) is 0 Å². The van der Waals surface area contributed by atoms with Gasteiger partial charge in [-0.1, -0.05) is 13.8 Å². The second-order valence-electron chi connectivity index (χ2n) is 6.91. The molecule has 0 bridgehead atoms. The Morgan fingerprint density at radius 1 is 1.10 bits per heavy atom. The average Bonchev–Trinajstić information content (AvgIpc) is 3.16. The molecule has 0 saturated carbocycles. The molecule has 13 nitrogen and oxygen atoms in total. The number of H-pyrrole nitrogens is 1. The van der Waals surface area contributed by atoms with E-state index in [9.17, 15) is 29.1 Å². The predicted molar refractivity (Wildman–Crippen MR) is 103 cm³/mol. The van der Waals surface area contributed by atoms with Crippen LogP contribution in [0.5, 0.6) is 0 Å². The highest BCUT2D eigenvalue weighted by Crippen LogP contribution is 2.06. The van der Waals surface area contributed by atoms with Gasteiger partial charge in [-0.2, -0.15) is 0 Å². The molecule has 0 aliphatic carbocycles. The zero-order valence-corrected chi connectivity index (χ0v) is 16.7. The van der Waals surface area contributed by atoms with E-state index in [0.717, 1.165) is 0 Å². The number of rotatable bonds is 12. The van der Waals surface area contributed by atoms with E-state index in [1.165, 1.54) is 12.5 Å². The first-order valence-electron chi connectivity index (χ1n) is 9.13. The maximum Gasteiger partial charge on any atom is 0.326 e. The Kier molecular flexibility index (Phi) is 9.42. The number of carbonyl (C=O) groups is 5. The van der Waals surface area contributed by atoms with E-state index in [1.807, 2.05) is 0 Å². The van der Waals surface area contributed by atoms with E-state index in [4.69, 9.17) is 11.5 Å². The van der Waals surface area contributed by atoms with Crippen LogP contribution in [0.4, 0.5) is 0 Å². The van der Waals surface area contributed by atoms with Crippen molar-refractivity contribution >= 4 is 29.6 Å². The fourth-order valence-electron chi connectivity index (χ4n) is 2.53. The molecule has 3 unspecified atom stereocenters. The number of aliphatic carboxylic acids is 1. The Balaban J connectivity index is 2.90. The fourth-order valence-corrected chi connectivity index (χ4v) is 2.53. The average molecular weight is 425 g/mol. The Morgan fingerprint density at radius 2 is 1.77 bits per heavy atom. The van der Waals surface area contributed by atoms with Gasteiger partial charge in [0.25, 0.3) is 0 Å². The molecule has 0 spiro atoms. The molecule has 0 saturated heterocycles. The van der Waals surface area contributed by atoms with Gasteiger partial charge in [-0.25, -0.2) is 9.78 Å². The third kappa shape index (κ3) is 7.87. The summed E-state index contributed by atoms with van der Waals surface area (Å²) in [5.74, 6) is -4.81. The van der Waals surface area contributed by atoms with Crippen molar-refractivity contribution in [3.05, 3.63) is 18.2 Å². The number of primary amides is 1. The number of aromatic nitrogens is 2. The molecule has 1 aromatic heterocycles. The number of hydrogen-bond donors (Lipinski definition) is 7. The molecule has 9 N–H and O–H groups in total. The molecule has 0 radical (unpaired) electrons.